The fourth-order valence-corrected chi connectivity index (χ4v) is 7.41. The Morgan fingerprint density at radius 3 is 1.38 bits per heavy atom. The first-order valence-electron chi connectivity index (χ1n) is 27.5. The summed E-state index contributed by atoms with van der Waals surface area (Å²) in [6.45, 7) is 5.58. The number of ether oxygens (including phenoxy) is 5. The lowest BCUT2D eigenvalue weighted by atomic mass is 9.98. The maximum absolute atomic E-state index is 13.0. The molecule has 6 atom stereocenters. The van der Waals surface area contributed by atoms with Crippen molar-refractivity contribution in [3.05, 3.63) is 122 Å². The van der Waals surface area contributed by atoms with E-state index in [9.17, 15) is 34.5 Å². The van der Waals surface area contributed by atoms with Crippen LogP contribution in [0.15, 0.2) is 122 Å². The molecule has 0 amide bonds. The van der Waals surface area contributed by atoms with E-state index in [1.807, 2.05) is 18.2 Å². The summed E-state index contributed by atoms with van der Waals surface area (Å²) in [5, 5.41) is 31.3. The monoisotopic (exact) mass is 1020 g/mol. The summed E-state index contributed by atoms with van der Waals surface area (Å²) < 4.78 is 28.1. The number of carboxylic acid groups (broad SMARTS) is 1. The van der Waals surface area contributed by atoms with Gasteiger partial charge in [0.15, 0.2) is 24.6 Å². The Morgan fingerprint density at radius 2 is 0.904 bits per heavy atom. The lowest BCUT2D eigenvalue weighted by molar-refractivity contribution is -0.301. The number of rotatable bonds is 44. The second-order valence-corrected chi connectivity index (χ2v) is 18.1. The van der Waals surface area contributed by atoms with Crippen LogP contribution in [0.1, 0.15) is 188 Å². The van der Waals surface area contributed by atoms with Crippen LogP contribution in [0.3, 0.4) is 0 Å². The molecule has 410 valence electrons. The molecule has 1 fully saturated rings. The number of allylic oxidation sites excluding steroid dienone is 19. The van der Waals surface area contributed by atoms with Crippen LogP contribution >= 0.6 is 0 Å². The number of aliphatic hydroxyl groups is 2. The molecule has 0 bridgehead atoms. The van der Waals surface area contributed by atoms with Crippen LogP contribution in [0.25, 0.3) is 0 Å². The third-order valence-corrected chi connectivity index (χ3v) is 11.6. The second-order valence-electron chi connectivity index (χ2n) is 18.1. The van der Waals surface area contributed by atoms with Gasteiger partial charge in [-0.05, 0) is 89.9 Å². The van der Waals surface area contributed by atoms with Gasteiger partial charge in [-0.1, -0.05) is 200 Å². The van der Waals surface area contributed by atoms with E-state index in [0.29, 0.717) is 19.3 Å². The van der Waals surface area contributed by atoms with Crippen molar-refractivity contribution in [3.63, 3.8) is 0 Å². The number of aliphatic carboxylic acids is 1. The summed E-state index contributed by atoms with van der Waals surface area (Å²) in [5.74, 6) is -3.35. The number of carbonyl (C=O) groups is 4. The quantitative estimate of drug-likeness (QED) is 0.0228. The van der Waals surface area contributed by atoms with Crippen molar-refractivity contribution in [1.82, 2.24) is 0 Å². The summed E-state index contributed by atoms with van der Waals surface area (Å²) in [5.41, 5.74) is 0. The van der Waals surface area contributed by atoms with Crippen LogP contribution in [0.5, 0.6) is 0 Å². The number of esters is 3. The zero-order chi connectivity index (χ0) is 53.3. The van der Waals surface area contributed by atoms with Gasteiger partial charge in [0.05, 0.1) is 13.0 Å². The number of hydrogen-bond donors (Lipinski definition) is 3. The van der Waals surface area contributed by atoms with Crippen molar-refractivity contribution in [2.75, 3.05) is 13.2 Å². The van der Waals surface area contributed by atoms with Gasteiger partial charge in [0.2, 0.25) is 0 Å². The average molecular weight is 1020 g/mol. The lowest BCUT2D eigenvalue weighted by Crippen LogP contribution is -2.61. The number of unbranched alkanes of at least 4 members (excludes halogenated alkanes) is 11. The summed E-state index contributed by atoms with van der Waals surface area (Å²) in [4.78, 5) is 50.8. The third kappa shape index (κ3) is 38.4. The van der Waals surface area contributed by atoms with E-state index >= 15 is 0 Å². The zero-order valence-electron chi connectivity index (χ0n) is 44.8. The first-order valence-corrected chi connectivity index (χ1v) is 27.5. The Labute approximate surface area is 439 Å². The van der Waals surface area contributed by atoms with Gasteiger partial charge in [-0.2, -0.15) is 0 Å². The van der Waals surface area contributed by atoms with Crippen LogP contribution in [0, 0.1) is 0 Å². The summed E-state index contributed by atoms with van der Waals surface area (Å²) in [7, 11) is 0. The minimum atomic E-state index is -1.92. The molecule has 6 unspecified atom stereocenters. The molecular weight excluding hydrogens is 925 g/mol. The molecule has 1 aliphatic rings. The SMILES string of the molecule is CC/C=C\C/C=C\C/C=C\C/C=C\C/C=C\CCCCCC(=O)OCC(COC1OC(C(=O)O)C(O)C(O)C1OC(=O)CCCCCCCCCCC)OC(=O)C/C=C\C/C=C\C/C=C\C/C=C\C/C=C\CC. The molecule has 12 nitrogen and oxygen atoms in total. The van der Waals surface area contributed by atoms with E-state index in [-0.39, 0.29) is 25.9 Å². The van der Waals surface area contributed by atoms with Crippen molar-refractivity contribution in [3.8, 4) is 0 Å². The lowest BCUT2D eigenvalue weighted by Gasteiger charge is -2.40. The standard InChI is InChI=1S/C61H94O12/c1-4-7-10-13-16-19-21-23-25-26-27-28-30-31-33-36-38-41-44-47-53(62)69-50-52(71-54(63)48-45-42-40-37-34-32-29-24-22-20-17-14-11-8-5-2)51-70-61-59(57(66)56(65)58(73-61)60(67)68)72-55(64)49-46-43-39-35-18-15-12-9-6-3/h7-8,10-11,16-17,19-20,23-25,27-29,31,33-34,37,42,45,52,56-59,61,65-66H,4-6,9,12-15,18,21-22,26,30,32,35-36,38-41,43-44,46-51H2,1-3H3,(H,67,68)/b10-7-,11-8-,19-16-,20-17-,25-23-,28-27-,29-24-,33-31-,37-34-,45-42-. The number of hydrogen-bond acceptors (Lipinski definition) is 11. The van der Waals surface area contributed by atoms with Crippen molar-refractivity contribution in [1.29, 1.82) is 0 Å². The molecule has 0 spiro atoms. The highest BCUT2D eigenvalue weighted by atomic mass is 16.7. The molecule has 0 radical (unpaired) electrons. The molecule has 1 heterocycles. The molecule has 12 heteroatoms. The molecule has 0 aromatic heterocycles. The van der Waals surface area contributed by atoms with E-state index < -0.39 is 67.3 Å². The highest BCUT2D eigenvalue weighted by Gasteiger charge is 2.50. The third-order valence-electron chi connectivity index (χ3n) is 11.6. The van der Waals surface area contributed by atoms with Crippen molar-refractivity contribution in [2.24, 2.45) is 0 Å². The predicted octanol–water partition coefficient (Wildman–Crippen LogP) is 13.7. The Bertz CT molecular complexity index is 1730. The summed E-state index contributed by atoms with van der Waals surface area (Å²) in [6, 6.07) is 0. The number of carboxylic acids is 1. The Morgan fingerprint density at radius 1 is 0.479 bits per heavy atom. The van der Waals surface area contributed by atoms with E-state index in [0.717, 1.165) is 103 Å². The van der Waals surface area contributed by atoms with Crippen molar-refractivity contribution >= 4 is 23.9 Å². The average Bonchev–Trinajstić information content (AvgIpc) is 3.37. The predicted molar refractivity (Wildman–Crippen MR) is 293 cm³/mol. The number of aliphatic hydroxyl groups excluding tert-OH is 2. The van der Waals surface area contributed by atoms with Gasteiger partial charge in [0.1, 0.15) is 18.8 Å². The minimum absolute atomic E-state index is 0.0413. The minimum Gasteiger partial charge on any atom is -0.479 e. The summed E-state index contributed by atoms with van der Waals surface area (Å²) >= 11 is 0. The molecule has 1 aliphatic heterocycles. The van der Waals surface area contributed by atoms with Gasteiger partial charge >= 0.3 is 23.9 Å². The van der Waals surface area contributed by atoms with Crippen molar-refractivity contribution < 1.29 is 58.2 Å². The van der Waals surface area contributed by atoms with Gasteiger partial charge in [-0.25, -0.2) is 4.79 Å². The highest BCUT2D eigenvalue weighted by molar-refractivity contribution is 5.74. The first-order chi connectivity index (χ1) is 35.6. The second kappa shape index (κ2) is 48.1. The largest absolute Gasteiger partial charge is 0.479 e. The maximum Gasteiger partial charge on any atom is 0.335 e. The summed E-state index contributed by atoms with van der Waals surface area (Å²) in [6.07, 6.45) is 53.7. The normalized spacial score (nSPS) is 19.3. The van der Waals surface area contributed by atoms with Gasteiger partial charge < -0.3 is 39.0 Å². The van der Waals surface area contributed by atoms with E-state index in [4.69, 9.17) is 23.7 Å². The van der Waals surface area contributed by atoms with Crippen LogP contribution in [0.4, 0.5) is 0 Å². The van der Waals surface area contributed by atoms with E-state index in [1.165, 1.54) is 25.7 Å². The molecule has 0 aliphatic carbocycles. The fourth-order valence-electron chi connectivity index (χ4n) is 7.41. The Hall–Kier alpha value is -4.88. The maximum atomic E-state index is 13.0. The molecule has 1 saturated heterocycles. The van der Waals surface area contributed by atoms with E-state index in [1.54, 1.807) is 6.08 Å². The first kappa shape index (κ1) is 66.1. The fraction of sp³-hybridized carbons (Fsp3) is 0.607. The van der Waals surface area contributed by atoms with Crippen molar-refractivity contribution in [2.45, 2.75) is 225 Å². The molecule has 0 aromatic rings. The van der Waals surface area contributed by atoms with Crippen LogP contribution in [-0.2, 0) is 42.9 Å². The molecule has 0 aromatic carbocycles. The smallest absolute Gasteiger partial charge is 0.335 e. The van der Waals surface area contributed by atoms with Gasteiger partial charge in [-0.3, -0.25) is 14.4 Å². The molecule has 0 saturated carbocycles. The topological polar surface area (TPSA) is 175 Å². The van der Waals surface area contributed by atoms with Gasteiger partial charge in [-0.15, -0.1) is 0 Å². The van der Waals surface area contributed by atoms with Crippen LogP contribution < -0.4 is 0 Å². The van der Waals surface area contributed by atoms with Crippen LogP contribution in [-0.4, -0.2) is 89.2 Å². The Balaban J connectivity index is 2.78. The molecule has 3 N–H and O–H groups in total. The highest BCUT2D eigenvalue weighted by Crippen LogP contribution is 2.26. The van der Waals surface area contributed by atoms with Gasteiger partial charge in [0, 0.05) is 12.8 Å². The van der Waals surface area contributed by atoms with Gasteiger partial charge in [0.25, 0.3) is 0 Å². The molecule has 1 rings (SSSR count). The Kier molecular flexibility index (Phi) is 43.6. The molecular formula is C61H94O12. The number of carbonyl (C=O) groups excluding carboxylic acids is 3. The molecule has 73 heavy (non-hydrogen) atoms. The van der Waals surface area contributed by atoms with E-state index in [2.05, 4.69) is 118 Å². The zero-order valence-corrected chi connectivity index (χ0v) is 44.8. The van der Waals surface area contributed by atoms with Crippen LogP contribution in [0.2, 0.25) is 0 Å².